The summed E-state index contributed by atoms with van der Waals surface area (Å²) in [7, 11) is 0. The van der Waals surface area contributed by atoms with Gasteiger partial charge in [0.25, 0.3) is 5.91 Å². The summed E-state index contributed by atoms with van der Waals surface area (Å²) >= 11 is 0. The highest BCUT2D eigenvalue weighted by molar-refractivity contribution is 5.93. The molecule has 3 heterocycles. The van der Waals surface area contributed by atoms with E-state index in [9.17, 15) is 9.59 Å². The van der Waals surface area contributed by atoms with Crippen molar-refractivity contribution in [1.82, 2.24) is 20.0 Å². The number of amides is 2. The molecule has 2 bridgehead atoms. The normalized spacial score (nSPS) is 30.3. The highest BCUT2D eigenvalue weighted by Gasteiger charge is 2.63. The number of nitrogens with zero attached hydrogens (tertiary/aromatic N) is 3. The molecule has 3 fully saturated rings. The summed E-state index contributed by atoms with van der Waals surface area (Å²) in [5.74, 6) is 0.167. The Hall–Kier alpha value is -2.63. The molecule has 1 saturated carbocycles. The zero-order chi connectivity index (χ0) is 23.9. The van der Waals surface area contributed by atoms with Crippen molar-refractivity contribution in [3.05, 3.63) is 53.3 Å². The summed E-state index contributed by atoms with van der Waals surface area (Å²) in [6, 6.07) is 12.7. The van der Waals surface area contributed by atoms with Crippen molar-refractivity contribution < 1.29 is 9.59 Å². The molecule has 1 N–H and O–H groups in total. The number of carbonyl (C=O) groups is 2. The Labute approximate surface area is 203 Å². The van der Waals surface area contributed by atoms with Gasteiger partial charge in [-0.15, -0.1) is 0 Å². The summed E-state index contributed by atoms with van der Waals surface area (Å²) in [6.45, 7) is 6.22. The monoisotopic (exact) mass is 462 g/mol. The van der Waals surface area contributed by atoms with Gasteiger partial charge in [0, 0.05) is 30.1 Å². The third kappa shape index (κ3) is 3.85. The van der Waals surface area contributed by atoms with Crippen LogP contribution in [0, 0.1) is 5.41 Å². The molecule has 2 saturated heterocycles. The minimum Gasteiger partial charge on any atom is -0.334 e. The summed E-state index contributed by atoms with van der Waals surface area (Å²) in [4.78, 5) is 31.5. The molecular formula is C28H38N4O2. The third-order valence-corrected chi connectivity index (χ3v) is 8.74. The maximum absolute atomic E-state index is 14.0. The Balaban J connectivity index is 1.54. The van der Waals surface area contributed by atoms with Gasteiger partial charge in [0.15, 0.2) is 0 Å². The fraction of sp³-hybridized carbons (Fsp3) is 0.607. The van der Waals surface area contributed by atoms with Crippen LogP contribution in [-0.4, -0.2) is 56.0 Å². The Bertz CT molecular complexity index is 1030. The van der Waals surface area contributed by atoms with Gasteiger partial charge in [-0.2, -0.15) is 5.10 Å². The molecule has 2 aliphatic heterocycles. The van der Waals surface area contributed by atoms with Crippen molar-refractivity contribution >= 4 is 11.8 Å². The van der Waals surface area contributed by atoms with Gasteiger partial charge >= 0.3 is 0 Å². The number of carbonyl (C=O) groups excluding carboxylic acids is 2. The van der Waals surface area contributed by atoms with Crippen molar-refractivity contribution in [1.29, 1.82) is 0 Å². The maximum atomic E-state index is 14.0. The average Bonchev–Trinajstić information content (AvgIpc) is 3.35. The number of piperidine rings is 1. The van der Waals surface area contributed by atoms with Gasteiger partial charge in [0.2, 0.25) is 5.91 Å². The van der Waals surface area contributed by atoms with Crippen LogP contribution in [0.3, 0.4) is 0 Å². The minimum atomic E-state index is -0.0724. The van der Waals surface area contributed by atoms with Crippen LogP contribution in [0.1, 0.15) is 87.5 Å². The van der Waals surface area contributed by atoms with Crippen LogP contribution in [0.25, 0.3) is 0 Å². The first kappa shape index (κ1) is 23.1. The van der Waals surface area contributed by atoms with Crippen LogP contribution in [0.15, 0.2) is 36.4 Å². The number of fused-ring (bicyclic) bond motifs is 1. The Morgan fingerprint density at radius 2 is 1.82 bits per heavy atom. The van der Waals surface area contributed by atoms with Crippen LogP contribution in [0.5, 0.6) is 0 Å². The van der Waals surface area contributed by atoms with E-state index in [4.69, 9.17) is 0 Å². The van der Waals surface area contributed by atoms with E-state index in [0.29, 0.717) is 5.69 Å². The zero-order valence-electron chi connectivity index (χ0n) is 20.8. The summed E-state index contributed by atoms with van der Waals surface area (Å²) in [6.07, 6.45) is 9.08. The molecule has 5 atom stereocenters. The summed E-state index contributed by atoms with van der Waals surface area (Å²) in [5, 5.41) is 7.54. The number of H-pyrrole nitrogens is 1. The second-order valence-electron chi connectivity index (χ2n) is 10.9. The van der Waals surface area contributed by atoms with Gasteiger partial charge in [-0.3, -0.25) is 14.7 Å². The molecule has 34 heavy (non-hydrogen) atoms. The molecule has 0 spiro atoms. The summed E-state index contributed by atoms with van der Waals surface area (Å²) < 4.78 is 0. The van der Waals surface area contributed by atoms with Crippen molar-refractivity contribution in [2.24, 2.45) is 5.41 Å². The highest BCUT2D eigenvalue weighted by atomic mass is 16.2. The van der Waals surface area contributed by atoms with Crippen molar-refractivity contribution in [2.45, 2.75) is 103 Å². The second kappa shape index (κ2) is 9.20. The van der Waals surface area contributed by atoms with E-state index >= 15 is 0 Å². The molecule has 2 amide bonds. The lowest BCUT2D eigenvalue weighted by Crippen LogP contribution is -2.61. The number of aromatic nitrogens is 2. The molecule has 2 aromatic rings. The number of aryl methyl sites for hydroxylation is 1. The van der Waals surface area contributed by atoms with Crippen LogP contribution in [0.4, 0.5) is 0 Å². The first-order chi connectivity index (χ1) is 16.4. The first-order valence-electron chi connectivity index (χ1n) is 13.1. The SMILES string of the molecule is CCCCc1cc(C(=O)N2[C@H]3CCCC[C@H]4N(C(C)=O)[C@@H](Cc5ccccc5)[C@@H]2C[C@@]34C)n[nH]1. The molecule has 1 aliphatic carbocycles. The molecule has 3 aliphatic rings. The van der Waals surface area contributed by atoms with Crippen molar-refractivity contribution in [3.8, 4) is 0 Å². The fourth-order valence-corrected chi connectivity index (χ4v) is 7.19. The molecule has 0 radical (unpaired) electrons. The second-order valence-corrected chi connectivity index (χ2v) is 10.9. The Kier molecular flexibility index (Phi) is 6.26. The van der Waals surface area contributed by atoms with Gasteiger partial charge in [-0.1, -0.05) is 63.4 Å². The molecule has 6 heteroatoms. The number of hydrogen-bond acceptors (Lipinski definition) is 3. The summed E-state index contributed by atoms with van der Waals surface area (Å²) in [5.41, 5.74) is 2.70. The van der Waals surface area contributed by atoms with E-state index in [-0.39, 0.29) is 41.4 Å². The lowest BCUT2D eigenvalue weighted by Gasteiger charge is -2.50. The highest BCUT2D eigenvalue weighted by Crippen LogP contribution is 2.55. The molecule has 182 valence electrons. The zero-order valence-corrected chi connectivity index (χ0v) is 20.8. The Morgan fingerprint density at radius 1 is 1.12 bits per heavy atom. The molecule has 6 nitrogen and oxygen atoms in total. The topological polar surface area (TPSA) is 69.3 Å². The van der Waals surface area contributed by atoms with Crippen LogP contribution < -0.4 is 0 Å². The first-order valence-corrected chi connectivity index (χ1v) is 13.1. The van der Waals surface area contributed by atoms with Crippen molar-refractivity contribution in [3.63, 3.8) is 0 Å². The van der Waals surface area contributed by atoms with Crippen LogP contribution in [0.2, 0.25) is 0 Å². The largest absolute Gasteiger partial charge is 0.334 e. The van der Waals surface area contributed by atoms with E-state index in [1.807, 2.05) is 12.1 Å². The van der Waals surface area contributed by atoms with E-state index in [2.05, 4.69) is 58.1 Å². The third-order valence-electron chi connectivity index (χ3n) is 8.74. The van der Waals surface area contributed by atoms with Crippen molar-refractivity contribution in [2.75, 3.05) is 0 Å². The molecule has 1 aromatic heterocycles. The average molecular weight is 463 g/mol. The van der Waals surface area contributed by atoms with E-state index in [0.717, 1.165) is 63.5 Å². The number of likely N-dealkylation sites (tertiary alicyclic amines) is 2. The van der Waals surface area contributed by atoms with Gasteiger partial charge in [-0.25, -0.2) is 0 Å². The van der Waals surface area contributed by atoms with Gasteiger partial charge in [-0.05, 0) is 50.2 Å². The quantitative estimate of drug-likeness (QED) is 0.673. The van der Waals surface area contributed by atoms with Crippen LogP contribution >= 0.6 is 0 Å². The fourth-order valence-electron chi connectivity index (χ4n) is 7.19. The minimum absolute atomic E-state index is 0.0106. The molecule has 1 aromatic carbocycles. The maximum Gasteiger partial charge on any atom is 0.274 e. The number of unbranched alkanes of at least 4 members (excludes halogenated alkanes) is 1. The van der Waals surface area contributed by atoms with E-state index in [1.54, 1.807) is 6.92 Å². The number of aromatic amines is 1. The standard InChI is InChI=1S/C28H38N4O2/c1-4-5-13-21-17-22(30-29-21)27(34)32-24-18-28(3)25(14-9-10-15-26(28)32)31(19(2)33)23(24)16-20-11-7-6-8-12-20/h6-8,11-12,17,23-26H,4-5,9-10,13-16,18H2,1-3H3,(H,29,30)/t23-,24-,25+,26-,28+/m0/s1. The van der Waals surface area contributed by atoms with Gasteiger partial charge in [0.05, 0.1) is 12.1 Å². The molecule has 5 rings (SSSR count). The lowest BCUT2D eigenvalue weighted by molar-refractivity contribution is -0.141. The van der Waals surface area contributed by atoms with Crippen LogP contribution in [-0.2, 0) is 17.6 Å². The van der Waals surface area contributed by atoms with E-state index < -0.39 is 0 Å². The molecular weight excluding hydrogens is 424 g/mol. The number of nitrogens with one attached hydrogen (secondary N) is 1. The van der Waals surface area contributed by atoms with Gasteiger partial charge in [0.1, 0.15) is 5.69 Å². The lowest BCUT2D eigenvalue weighted by atomic mass is 9.69. The van der Waals surface area contributed by atoms with Gasteiger partial charge < -0.3 is 9.80 Å². The smallest absolute Gasteiger partial charge is 0.274 e. The molecule has 0 unspecified atom stereocenters. The number of rotatable bonds is 6. The van der Waals surface area contributed by atoms with E-state index in [1.165, 1.54) is 5.56 Å². The predicted molar refractivity (Wildman–Crippen MR) is 132 cm³/mol. The number of benzene rings is 1. The Morgan fingerprint density at radius 3 is 2.50 bits per heavy atom. The predicted octanol–water partition coefficient (Wildman–Crippen LogP) is 4.76. The number of hydrogen-bond donors (Lipinski definition) is 1.